The van der Waals surface area contributed by atoms with Crippen LogP contribution in [0, 0.1) is 0 Å². The smallest absolute Gasteiger partial charge is 0.337 e. The quantitative estimate of drug-likeness (QED) is 0.876. The lowest BCUT2D eigenvalue weighted by Gasteiger charge is -2.04. The molecule has 2 rings (SSSR count). The second kappa shape index (κ2) is 4.80. The number of carboxylic acids is 1. The Kier molecular flexibility index (Phi) is 3.20. The molecule has 0 saturated heterocycles. The highest BCUT2D eigenvalue weighted by Crippen LogP contribution is 2.17. The number of benzene rings is 1. The highest BCUT2D eigenvalue weighted by Gasteiger charge is 2.17. The zero-order valence-electron chi connectivity index (χ0n) is 8.71. The summed E-state index contributed by atoms with van der Waals surface area (Å²) in [5.41, 5.74) is 0.856. The zero-order chi connectivity index (χ0) is 12.3. The van der Waals surface area contributed by atoms with Crippen molar-refractivity contribution in [3.05, 3.63) is 52.2 Å². The van der Waals surface area contributed by atoms with E-state index in [1.807, 2.05) is 6.07 Å². The van der Waals surface area contributed by atoms with Gasteiger partial charge in [0.1, 0.15) is 0 Å². The van der Waals surface area contributed by atoms with Crippen LogP contribution >= 0.6 is 11.3 Å². The molecule has 0 saturated carbocycles. The summed E-state index contributed by atoms with van der Waals surface area (Å²) in [5.74, 6) is -1.50. The van der Waals surface area contributed by atoms with Crippen molar-refractivity contribution in [2.75, 3.05) is 5.32 Å². The molecule has 86 valence electrons. The van der Waals surface area contributed by atoms with E-state index in [4.69, 9.17) is 5.11 Å². The Morgan fingerprint density at radius 1 is 1.06 bits per heavy atom. The predicted molar refractivity (Wildman–Crippen MR) is 65.7 cm³/mol. The number of anilines is 1. The van der Waals surface area contributed by atoms with Crippen molar-refractivity contribution in [2.24, 2.45) is 0 Å². The monoisotopic (exact) mass is 247 g/mol. The number of amides is 1. The van der Waals surface area contributed by atoms with Crippen LogP contribution in [-0.2, 0) is 0 Å². The van der Waals surface area contributed by atoms with Crippen molar-refractivity contribution in [1.29, 1.82) is 0 Å². The molecule has 0 bridgehead atoms. The SMILES string of the molecule is O=C(O)c1cscc1C(=O)Nc1ccccc1. The minimum atomic E-state index is -1.09. The number of hydrogen-bond acceptors (Lipinski definition) is 3. The Labute approximate surface area is 102 Å². The third kappa shape index (κ3) is 2.51. The van der Waals surface area contributed by atoms with E-state index in [-0.39, 0.29) is 11.1 Å². The summed E-state index contributed by atoms with van der Waals surface area (Å²) in [6, 6.07) is 8.90. The molecule has 2 aromatic rings. The van der Waals surface area contributed by atoms with Gasteiger partial charge in [-0.25, -0.2) is 4.79 Å². The van der Waals surface area contributed by atoms with Gasteiger partial charge in [0.15, 0.2) is 0 Å². The molecule has 5 heteroatoms. The van der Waals surface area contributed by atoms with Crippen LogP contribution < -0.4 is 5.32 Å². The molecule has 1 heterocycles. The first kappa shape index (κ1) is 11.3. The summed E-state index contributed by atoms with van der Waals surface area (Å²) < 4.78 is 0. The summed E-state index contributed by atoms with van der Waals surface area (Å²) in [5, 5.41) is 14.5. The summed E-state index contributed by atoms with van der Waals surface area (Å²) in [4.78, 5) is 22.7. The molecule has 4 nitrogen and oxygen atoms in total. The summed E-state index contributed by atoms with van der Waals surface area (Å²) >= 11 is 1.19. The standard InChI is InChI=1S/C12H9NO3S/c14-11(13-8-4-2-1-3-5-8)9-6-17-7-10(9)12(15)16/h1-7H,(H,13,14)(H,15,16). The number of nitrogens with one attached hydrogen (secondary N) is 1. The van der Waals surface area contributed by atoms with Crippen LogP contribution in [0.5, 0.6) is 0 Å². The first-order valence-electron chi connectivity index (χ1n) is 4.84. The molecule has 1 aromatic heterocycles. The average molecular weight is 247 g/mol. The van der Waals surface area contributed by atoms with Crippen LogP contribution in [0.2, 0.25) is 0 Å². The molecular formula is C12H9NO3S. The van der Waals surface area contributed by atoms with Gasteiger partial charge in [0.2, 0.25) is 0 Å². The molecule has 0 atom stereocenters. The lowest BCUT2D eigenvalue weighted by Crippen LogP contribution is -2.14. The van der Waals surface area contributed by atoms with E-state index in [0.29, 0.717) is 5.69 Å². The summed E-state index contributed by atoms with van der Waals surface area (Å²) in [6.07, 6.45) is 0. The van der Waals surface area contributed by atoms with Gasteiger partial charge in [-0.05, 0) is 12.1 Å². The number of thiophene rings is 1. The predicted octanol–water partition coefficient (Wildman–Crippen LogP) is 2.70. The Bertz CT molecular complexity index is 548. The second-order valence-corrected chi connectivity index (χ2v) is 4.07. The Morgan fingerprint density at radius 2 is 1.71 bits per heavy atom. The van der Waals surface area contributed by atoms with Crippen molar-refractivity contribution >= 4 is 28.9 Å². The fourth-order valence-electron chi connectivity index (χ4n) is 1.36. The maximum absolute atomic E-state index is 11.8. The Morgan fingerprint density at radius 3 is 2.35 bits per heavy atom. The number of rotatable bonds is 3. The summed E-state index contributed by atoms with van der Waals surface area (Å²) in [7, 11) is 0. The molecule has 0 aliphatic carbocycles. The van der Waals surface area contributed by atoms with E-state index in [1.165, 1.54) is 22.1 Å². The molecular weight excluding hydrogens is 238 g/mol. The van der Waals surface area contributed by atoms with Gasteiger partial charge in [0.05, 0.1) is 11.1 Å². The van der Waals surface area contributed by atoms with Gasteiger partial charge < -0.3 is 10.4 Å². The van der Waals surface area contributed by atoms with Crippen LogP contribution in [0.15, 0.2) is 41.1 Å². The van der Waals surface area contributed by atoms with Gasteiger partial charge in [0.25, 0.3) is 5.91 Å². The highest BCUT2D eigenvalue weighted by molar-refractivity contribution is 7.08. The number of hydrogen-bond donors (Lipinski definition) is 2. The van der Waals surface area contributed by atoms with Crippen molar-refractivity contribution < 1.29 is 14.7 Å². The minimum Gasteiger partial charge on any atom is -0.478 e. The van der Waals surface area contributed by atoms with E-state index < -0.39 is 11.9 Å². The van der Waals surface area contributed by atoms with Crippen LogP contribution in [0.3, 0.4) is 0 Å². The van der Waals surface area contributed by atoms with Gasteiger partial charge in [0, 0.05) is 16.4 Å². The van der Waals surface area contributed by atoms with Gasteiger partial charge in [-0.2, -0.15) is 11.3 Å². The van der Waals surface area contributed by atoms with Crippen LogP contribution in [0.1, 0.15) is 20.7 Å². The van der Waals surface area contributed by atoms with E-state index in [9.17, 15) is 9.59 Å². The Hall–Kier alpha value is -2.14. The highest BCUT2D eigenvalue weighted by atomic mass is 32.1. The Balaban J connectivity index is 2.21. The fourth-order valence-corrected chi connectivity index (χ4v) is 2.16. The number of para-hydroxylation sites is 1. The first-order chi connectivity index (χ1) is 8.18. The zero-order valence-corrected chi connectivity index (χ0v) is 9.53. The van der Waals surface area contributed by atoms with Crippen LogP contribution in [-0.4, -0.2) is 17.0 Å². The van der Waals surface area contributed by atoms with Crippen molar-refractivity contribution in [3.8, 4) is 0 Å². The van der Waals surface area contributed by atoms with Crippen LogP contribution in [0.4, 0.5) is 5.69 Å². The molecule has 0 aliphatic rings. The van der Waals surface area contributed by atoms with E-state index in [0.717, 1.165) is 0 Å². The largest absolute Gasteiger partial charge is 0.478 e. The lowest BCUT2D eigenvalue weighted by molar-refractivity contribution is 0.0693. The van der Waals surface area contributed by atoms with Crippen molar-refractivity contribution in [1.82, 2.24) is 0 Å². The molecule has 0 fully saturated rings. The maximum atomic E-state index is 11.8. The van der Waals surface area contributed by atoms with Crippen molar-refractivity contribution in [3.63, 3.8) is 0 Å². The third-order valence-corrected chi connectivity index (χ3v) is 2.91. The molecule has 0 spiro atoms. The van der Waals surface area contributed by atoms with Gasteiger partial charge in [-0.3, -0.25) is 4.79 Å². The van der Waals surface area contributed by atoms with E-state index >= 15 is 0 Å². The summed E-state index contributed by atoms with van der Waals surface area (Å²) in [6.45, 7) is 0. The third-order valence-electron chi connectivity index (χ3n) is 2.17. The lowest BCUT2D eigenvalue weighted by atomic mass is 10.2. The molecule has 17 heavy (non-hydrogen) atoms. The average Bonchev–Trinajstić information content (AvgIpc) is 2.79. The molecule has 0 unspecified atom stereocenters. The van der Waals surface area contributed by atoms with Crippen molar-refractivity contribution in [2.45, 2.75) is 0 Å². The second-order valence-electron chi connectivity index (χ2n) is 3.32. The molecule has 0 aliphatic heterocycles. The maximum Gasteiger partial charge on any atom is 0.337 e. The van der Waals surface area contributed by atoms with E-state index in [1.54, 1.807) is 24.3 Å². The van der Waals surface area contributed by atoms with Crippen LogP contribution in [0.25, 0.3) is 0 Å². The topological polar surface area (TPSA) is 66.4 Å². The first-order valence-corrected chi connectivity index (χ1v) is 5.78. The number of carbonyl (C=O) groups excluding carboxylic acids is 1. The normalized spacial score (nSPS) is 9.88. The fraction of sp³-hybridized carbons (Fsp3) is 0. The molecule has 2 N–H and O–H groups in total. The van der Waals surface area contributed by atoms with E-state index in [2.05, 4.69) is 5.32 Å². The minimum absolute atomic E-state index is 0.0310. The van der Waals surface area contributed by atoms with Gasteiger partial charge in [-0.1, -0.05) is 18.2 Å². The number of carbonyl (C=O) groups is 2. The van der Waals surface area contributed by atoms with Gasteiger partial charge in [-0.15, -0.1) is 0 Å². The molecule has 0 radical (unpaired) electrons. The molecule has 1 amide bonds. The number of aromatic carboxylic acids is 1. The molecule has 1 aromatic carbocycles. The number of carboxylic acid groups (broad SMARTS) is 1. The van der Waals surface area contributed by atoms with Gasteiger partial charge >= 0.3 is 5.97 Å².